The van der Waals surface area contributed by atoms with E-state index in [1.807, 2.05) is 0 Å². The zero-order chi connectivity index (χ0) is 21.0. The summed E-state index contributed by atoms with van der Waals surface area (Å²) in [7, 11) is -18.3. The predicted molar refractivity (Wildman–Crippen MR) is 53.0 cm³/mol. The molecule has 0 atom stereocenters. The van der Waals surface area contributed by atoms with Crippen molar-refractivity contribution in [2.75, 3.05) is 0 Å². The van der Waals surface area contributed by atoms with Crippen LogP contribution in [0.15, 0.2) is 0 Å². The monoisotopic (exact) mass is 458 g/mol. The van der Waals surface area contributed by atoms with Crippen LogP contribution in [-0.2, 0) is 30.4 Å². The molecule has 0 radical (unpaired) electrons. The topological polar surface area (TPSA) is 172 Å². The van der Waals surface area contributed by atoms with Gasteiger partial charge in [0.1, 0.15) is 0 Å². The Bertz CT molecular complexity index is 596. The molecule has 0 aromatic carbocycles. The van der Waals surface area contributed by atoms with Crippen LogP contribution in [-0.4, -0.2) is 63.8 Å². The van der Waals surface area contributed by atoms with Gasteiger partial charge in [0.2, 0.25) is 0 Å². The molecule has 0 spiro atoms. The maximum atomic E-state index is 10.7. The SMILES string of the molecule is O=S(=O)([O-])C(F)(F)F.O=S(=O)([O-])C(F)(F)F.O=S(=O)([O-])C(F)(F)F.[B+3]. The fourth-order valence-corrected chi connectivity index (χ4v) is 0. The van der Waals surface area contributed by atoms with Crippen molar-refractivity contribution in [3.8, 4) is 0 Å². The summed E-state index contributed by atoms with van der Waals surface area (Å²) < 4.78 is 177. The molecular weight excluding hydrogens is 458 g/mol. The third kappa shape index (κ3) is 15.2. The molecule has 0 saturated heterocycles. The number of halogens is 9. The third-order valence-corrected chi connectivity index (χ3v) is 2.55. The van der Waals surface area contributed by atoms with Crippen LogP contribution in [0.4, 0.5) is 39.5 Å². The Balaban J connectivity index is -0.000000130. The Morgan fingerprint density at radius 1 is 0.440 bits per heavy atom. The van der Waals surface area contributed by atoms with Crippen molar-refractivity contribution in [1.82, 2.24) is 0 Å². The first-order valence-electron chi connectivity index (χ1n) is 3.81. The van der Waals surface area contributed by atoms with Crippen molar-refractivity contribution in [3.05, 3.63) is 0 Å². The van der Waals surface area contributed by atoms with Gasteiger partial charge in [0.05, 0.1) is 0 Å². The predicted octanol–water partition coefficient (Wildman–Crippen LogP) is -0.227. The summed E-state index contributed by atoms with van der Waals surface area (Å²) in [6.45, 7) is 0. The van der Waals surface area contributed by atoms with Crippen LogP contribution in [0.3, 0.4) is 0 Å². The molecule has 0 amide bonds. The molecule has 9 nitrogen and oxygen atoms in total. The smallest absolute Gasteiger partial charge is 0.741 e. The number of hydrogen-bond acceptors (Lipinski definition) is 9. The summed E-state index contributed by atoms with van der Waals surface area (Å²) in [4.78, 5) is 0. The first-order valence-corrected chi connectivity index (χ1v) is 8.04. The van der Waals surface area contributed by atoms with E-state index < -0.39 is 46.9 Å². The van der Waals surface area contributed by atoms with E-state index in [0.717, 1.165) is 0 Å². The molecule has 0 unspecified atom stereocenters. The number of rotatable bonds is 0. The second-order valence-corrected chi connectivity index (χ2v) is 6.81. The van der Waals surface area contributed by atoms with E-state index in [9.17, 15) is 39.5 Å². The van der Waals surface area contributed by atoms with Crippen molar-refractivity contribution >= 4 is 38.8 Å². The van der Waals surface area contributed by atoms with Gasteiger partial charge in [-0.2, -0.15) is 39.5 Å². The molecule has 25 heavy (non-hydrogen) atoms. The average molecular weight is 458 g/mol. The van der Waals surface area contributed by atoms with Crippen LogP contribution in [0, 0.1) is 0 Å². The Morgan fingerprint density at radius 2 is 0.480 bits per heavy atom. The minimum atomic E-state index is -6.09. The summed E-state index contributed by atoms with van der Waals surface area (Å²) in [5, 5.41) is 0. The maximum absolute atomic E-state index is 10.7. The zero-order valence-corrected chi connectivity index (χ0v) is 12.8. The summed E-state index contributed by atoms with van der Waals surface area (Å²) in [5.74, 6) is 0. The van der Waals surface area contributed by atoms with Crippen molar-refractivity contribution in [3.63, 3.8) is 0 Å². The van der Waals surface area contributed by atoms with Gasteiger partial charge in [-0.25, -0.2) is 25.3 Å². The Hall–Kier alpha value is -0.835. The van der Waals surface area contributed by atoms with E-state index in [0.29, 0.717) is 0 Å². The van der Waals surface area contributed by atoms with Gasteiger partial charge in [0.15, 0.2) is 30.4 Å². The van der Waals surface area contributed by atoms with Crippen molar-refractivity contribution in [2.24, 2.45) is 0 Å². The van der Waals surface area contributed by atoms with Gasteiger partial charge in [0, 0.05) is 0 Å². The maximum Gasteiger partial charge on any atom is 3.00 e. The van der Waals surface area contributed by atoms with Crippen LogP contribution < -0.4 is 0 Å². The molecule has 0 N–H and O–H groups in total. The molecule has 0 aliphatic carbocycles. The molecular formula is C3BF9O9S3. The molecule has 0 bridgehead atoms. The molecule has 0 aromatic rings. The summed E-state index contributed by atoms with van der Waals surface area (Å²) in [6.07, 6.45) is 0. The van der Waals surface area contributed by atoms with Crippen LogP contribution in [0.1, 0.15) is 0 Å². The molecule has 0 fully saturated rings. The van der Waals surface area contributed by atoms with E-state index in [1.165, 1.54) is 0 Å². The van der Waals surface area contributed by atoms with E-state index in [-0.39, 0.29) is 8.41 Å². The van der Waals surface area contributed by atoms with E-state index in [4.69, 9.17) is 38.9 Å². The van der Waals surface area contributed by atoms with Gasteiger partial charge in [-0.1, -0.05) is 0 Å². The van der Waals surface area contributed by atoms with Gasteiger partial charge in [-0.3, -0.25) is 0 Å². The fourth-order valence-electron chi connectivity index (χ4n) is 0. The van der Waals surface area contributed by atoms with Crippen LogP contribution in [0.25, 0.3) is 0 Å². The van der Waals surface area contributed by atoms with Crippen molar-refractivity contribution in [2.45, 2.75) is 16.5 Å². The van der Waals surface area contributed by atoms with Gasteiger partial charge in [-0.15, -0.1) is 0 Å². The zero-order valence-electron chi connectivity index (χ0n) is 10.4. The Kier molecular flexibility index (Phi) is 11.7. The molecule has 0 saturated carbocycles. The van der Waals surface area contributed by atoms with E-state index >= 15 is 0 Å². The second kappa shape index (κ2) is 9.20. The fraction of sp³-hybridized carbons (Fsp3) is 1.00. The summed E-state index contributed by atoms with van der Waals surface area (Å²) >= 11 is 0. The first kappa shape index (κ1) is 31.9. The molecule has 0 heterocycles. The summed E-state index contributed by atoms with van der Waals surface area (Å²) in [6, 6.07) is 0. The minimum Gasteiger partial charge on any atom is -0.741 e. The van der Waals surface area contributed by atoms with Crippen molar-refractivity contribution < 1.29 is 78.4 Å². The minimum absolute atomic E-state index is 0. The standard InChI is InChI=1S/3CHF3O3S.B/c3*2-1(3,4)8(5,6)7;/h3*(H,5,6,7);/q;;;+3/p-3. The first-order chi connectivity index (χ1) is 9.75. The molecule has 0 aliphatic rings. The molecule has 22 heteroatoms. The van der Waals surface area contributed by atoms with E-state index in [2.05, 4.69) is 0 Å². The Morgan fingerprint density at radius 3 is 0.480 bits per heavy atom. The van der Waals surface area contributed by atoms with Crippen LogP contribution in [0.5, 0.6) is 0 Å². The van der Waals surface area contributed by atoms with Gasteiger partial charge >= 0.3 is 24.9 Å². The normalized spacial score (nSPS) is 13.4. The van der Waals surface area contributed by atoms with Crippen molar-refractivity contribution in [1.29, 1.82) is 0 Å². The molecule has 0 aliphatic heterocycles. The third-order valence-electron chi connectivity index (χ3n) is 0.850. The quantitative estimate of drug-likeness (QED) is 0.206. The molecule has 0 aromatic heterocycles. The van der Waals surface area contributed by atoms with Gasteiger partial charge < -0.3 is 13.7 Å². The van der Waals surface area contributed by atoms with Crippen LogP contribution >= 0.6 is 0 Å². The molecule has 150 valence electrons. The summed E-state index contributed by atoms with van der Waals surface area (Å²) in [5.41, 5.74) is -16.9. The number of hydrogen-bond donors (Lipinski definition) is 0. The van der Waals surface area contributed by atoms with Gasteiger partial charge in [0.25, 0.3) is 0 Å². The van der Waals surface area contributed by atoms with Crippen LogP contribution in [0.2, 0.25) is 0 Å². The van der Waals surface area contributed by atoms with Gasteiger partial charge in [-0.05, 0) is 0 Å². The Labute approximate surface area is 134 Å². The van der Waals surface area contributed by atoms with E-state index in [1.54, 1.807) is 0 Å². The largest absolute Gasteiger partial charge is 3.00 e. The number of alkyl halides is 9. The second-order valence-electron chi connectivity index (χ2n) is 2.70. The average Bonchev–Trinajstić information content (AvgIpc) is 2.08. The molecule has 0 rings (SSSR count).